The van der Waals surface area contributed by atoms with E-state index in [9.17, 15) is 18.0 Å². The van der Waals surface area contributed by atoms with Gasteiger partial charge in [-0.05, 0) is 19.1 Å². The number of aromatic amines is 1. The second kappa shape index (κ2) is 5.57. The van der Waals surface area contributed by atoms with Crippen molar-refractivity contribution in [2.75, 3.05) is 12.9 Å². The van der Waals surface area contributed by atoms with Crippen LogP contribution in [-0.4, -0.2) is 37.4 Å². The van der Waals surface area contributed by atoms with Crippen molar-refractivity contribution in [3.8, 4) is 0 Å². The van der Waals surface area contributed by atoms with E-state index in [-0.39, 0.29) is 22.4 Å². The van der Waals surface area contributed by atoms with E-state index >= 15 is 0 Å². The minimum atomic E-state index is -3.66. The van der Waals surface area contributed by atoms with E-state index in [2.05, 4.69) is 26.1 Å². The molecule has 0 saturated carbocycles. The van der Waals surface area contributed by atoms with Crippen molar-refractivity contribution in [2.24, 2.45) is 0 Å². The van der Waals surface area contributed by atoms with Gasteiger partial charge in [0.15, 0.2) is 9.84 Å². The van der Waals surface area contributed by atoms with Crippen LogP contribution >= 0.6 is 15.9 Å². The summed E-state index contributed by atoms with van der Waals surface area (Å²) in [5.41, 5.74) is -1.05. The fourth-order valence-corrected chi connectivity index (χ4v) is 3.34. The lowest BCUT2D eigenvalue weighted by Gasteiger charge is -2.07. The topological polar surface area (TPSA) is 106 Å². The molecule has 0 bridgehead atoms. The maximum atomic E-state index is 12.4. The molecule has 1 N–H and O–H groups in total. The van der Waals surface area contributed by atoms with E-state index < -0.39 is 26.9 Å². The molecular weight excluding hydrogens is 364 g/mol. The maximum Gasteiger partial charge on any atom is 0.362 e. The molecular formula is C12H11BrN2O5S. The van der Waals surface area contributed by atoms with Crippen LogP contribution in [0.25, 0.3) is 10.9 Å². The molecule has 112 valence electrons. The van der Waals surface area contributed by atoms with Crippen molar-refractivity contribution >= 4 is 42.6 Å². The molecule has 1 aromatic carbocycles. The first-order chi connectivity index (χ1) is 9.75. The molecule has 0 aliphatic carbocycles. The summed E-state index contributed by atoms with van der Waals surface area (Å²) in [5.74, 6) is -0.900. The molecule has 2 aromatic rings. The third kappa shape index (κ3) is 2.98. The van der Waals surface area contributed by atoms with Crippen LogP contribution in [0.4, 0.5) is 0 Å². The number of H-pyrrole nitrogens is 1. The van der Waals surface area contributed by atoms with Gasteiger partial charge in [-0.1, -0.05) is 15.9 Å². The quantitative estimate of drug-likeness (QED) is 0.810. The largest absolute Gasteiger partial charge is 0.461 e. The summed E-state index contributed by atoms with van der Waals surface area (Å²) in [5, 5.41) is 6.06. The molecule has 0 aliphatic heterocycles. The molecule has 21 heavy (non-hydrogen) atoms. The van der Waals surface area contributed by atoms with E-state index in [1.165, 1.54) is 12.1 Å². The Morgan fingerprint density at radius 2 is 2.10 bits per heavy atom. The lowest BCUT2D eigenvalue weighted by Crippen LogP contribution is -2.22. The van der Waals surface area contributed by atoms with Crippen LogP contribution in [0.1, 0.15) is 17.4 Å². The standard InChI is InChI=1S/C12H11BrN2O5S/c1-3-20-12(17)10-11(16)9-7(14-15-10)4-6(13)5-8(9)21(2,18)19/h4-5H,3H2,1-2H3,(H,14,16). The number of esters is 1. The van der Waals surface area contributed by atoms with E-state index in [4.69, 9.17) is 4.74 Å². The Balaban J connectivity index is 2.90. The fraction of sp³-hybridized carbons (Fsp3) is 0.250. The predicted octanol–water partition coefficient (Wildman–Crippen LogP) is 1.27. The third-order valence-corrected chi connectivity index (χ3v) is 4.24. The van der Waals surface area contributed by atoms with Crippen molar-refractivity contribution in [1.29, 1.82) is 0 Å². The van der Waals surface area contributed by atoms with Crippen LogP contribution in [0.5, 0.6) is 0 Å². The summed E-state index contributed by atoms with van der Waals surface area (Å²) in [7, 11) is -3.66. The zero-order valence-corrected chi connectivity index (χ0v) is 13.5. The van der Waals surface area contributed by atoms with Gasteiger partial charge in [0.05, 0.1) is 22.4 Å². The summed E-state index contributed by atoms with van der Waals surface area (Å²) < 4.78 is 28.9. The summed E-state index contributed by atoms with van der Waals surface area (Å²) >= 11 is 3.17. The average Bonchev–Trinajstić information content (AvgIpc) is 2.37. The van der Waals surface area contributed by atoms with Gasteiger partial charge in [-0.15, -0.1) is 0 Å². The van der Waals surface area contributed by atoms with Crippen LogP contribution in [-0.2, 0) is 14.6 Å². The second-order valence-electron chi connectivity index (χ2n) is 4.22. The lowest BCUT2D eigenvalue weighted by molar-refractivity contribution is 0.0517. The molecule has 0 atom stereocenters. The number of nitrogens with one attached hydrogen (secondary N) is 1. The Kier molecular flexibility index (Phi) is 4.15. The van der Waals surface area contributed by atoms with Gasteiger partial charge in [-0.3, -0.25) is 9.89 Å². The number of fused-ring (bicyclic) bond motifs is 1. The van der Waals surface area contributed by atoms with Gasteiger partial charge in [0.2, 0.25) is 11.1 Å². The smallest absolute Gasteiger partial charge is 0.362 e. The highest BCUT2D eigenvalue weighted by molar-refractivity contribution is 9.10. The van der Waals surface area contributed by atoms with Crippen molar-refractivity contribution in [1.82, 2.24) is 10.2 Å². The number of aromatic nitrogens is 2. The van der Waals surface area contributed by atoms with Crippen molar-refractivity contribution in [2.45, 2.75) is 11.8 Å². The van der Waals surface area contributed by atoms with Crippen molar-refractivity contribution in [3.63, 3.8) is 0 Å². The van der Waals surface area contributed by atoms with Crippen LogP contribution in [0.2, 0.25) is 0 Å². The Labute approximate surface area is 128 Å². The number of ether oxygens (including phenoxy) is 1. The highest BCUT2D eigenvalue weighted by Crippen LogP contribution is 2.24. The molecule has 1 aromatic heterocycles. The Hall–Kier alpha value is -1.74. The summed E-state index contributed by atoms with van der Waals surface area (Å²) in [6.07, 6.45) is 0.984. The van der Waals surface area contributed by atoms with Gasteiger partial charge in [0, 0.05) is 10.7 Å². The normalized spacial score (nSPS) is 11.6. The Bertz CT molecular complexity index is 888. The van der Waals surface area contributed by atoms with E-state index in [1.54, 1.807) is 6.92 Å². The number of halogens is 1. The summed E-state index contributed by atoms with van der Waals surface area (Å²) in [6.45, 7) is 1.67. The van der Waals surface area contributed by atoms with Gasteiger partial charge in [-0.2, -0.15) is 5.10 Å². The zero-order chi connectivity index (χ0) is 15.8. The Morgan fingerprint density at radius 3 is 2.67 bits per heavy atom. The zero-order valence-electron chi connectivity index (χ0n) is 11.1. The molecule has 1 heterocycles. The average molecular weight is 375 g/mol. The molecule has 7 nitrogen and oxygen atoms in total. The number of hydrogen-bond donors (Lipinski definition) is 1. The number of rotatable bonds is 3. The lowest BCUT2D eigenvalue weighted by atomic mass is 10.2. The first-order valence-electron chi connectivity index (χ1n) is 5.84. The highest BCUT2D eigenvalue weighted by Gasteiger charge is 2.22. The molecule has 0 fully saturated rings. The molecule has 0 radical (unpaired) electrons. The van der Waals surface area contributed by atoms with Crippen LogP contribution < -0.4 is 5.43 Å². The summed E-state index contributed by atoms with van der Waals surface area (Å²) in [6, 6.07) is 2.81. The number of hydrogen-bond acceptors (Lipinski definition) is 6. The van der Waals surface area contributed by atoms with E-state index in [0.29, 0.717) is 4.47 Å². The molecule has 0 unspecified atom stereocenters. The van der Waals surface area contributed by atoms with Gasteiger partial charge in [-0.25, -0.2) is 13.2 Å². The number of sulfone groups is 1. The van der Waals surface area contributed by atoms with Crippen LogP contribution in [0.15, 0.2) is 26.3 Å². The second-order valence-corrected chi connectivity index (χ2v) is 7.12. The first-order valence-corrected chi connectivity index (χ1v) is 8.53. The minimum Gasteiger partial charge on any atom is -0.461 e. The molecule has 9 heteroatoms. The van der Waals surface area contributed by atoms with Crippen LogP contribution in [0, 0.1) is 0 Å². The first kappa shape index (κ1) is 15.6. The molecule has 2 rings (SSSR count). The number of carbonyl (C=O) groups excluding carboxylic acids is 1. The monoisotopic (exact) mass is 374 g/mol. The molecule has 0 saturated heterocycles. The number of nitrogens with zero attached hydrogens (tertiary/aromatic N) is 1. The van der Waals surface area contributed by atoms with Crippen molar-refractivity contribution < 1.29 is 17.9 Å². The SMILES string of the molecule is CCOC(=O)c1n[nH]c2cc(Br)cc(S(C)(=O)=O)c2c1=O. The van der Waals surface area contributed by atoms with E-state index in [0.717, 1.165) is 6.26 Å². The Morgan fingerprint density at radius 1 is 1.43 bits per heavy atom. The maximum absolute atomic E-state index is 12.4. The summed E-state index contributed by atoms with van der Waals surface area (Å²) in [4.78, 5) is 23.9. The predicted molar refractivity (Wildman–Crippen MR) is 79.1 cm³/mol. The van der Waals surface area contributed by atoms with Gasteiger partial charge >= 0.3 is 5.97 Å². The third-order valence-electron chi connectivity index (χ3n) is 2.67. The number of carbonyl (C=O) groups is 1. The van der Waals surface area contributed by atoms with Gasteiger partial charge in [0.1, 0.15) is 0 Å². The number of benzene rings is 1. The minimum absolute atomic E-state index is 0.0806. The highest BCUT2D eigenvalue weighted by atomic mass is 79.9. The van der Waals surface area contributed by atoms with Crippen LogP contribution in [0.3, 0.4) is 0 Å². The molecule has 0 spiro atoms. The fourth-order valence-electron chi connectivity index (χ4n) is 1.82. The van der Waals surface area contributed by atoms with Gasteiger partial charge < -0.3 is 4.74 Å². The van der Waals surface area contributed by atoms with Crippen molar-refractivity contribution in [3.05, 3.63) is 32.5 Å². The molecule has 0 amide bonds. The molecule has 0 aliphatic rings. The van der Waals surface area contributed by atoms with E-state index in [1.807, 2.05) is 0 Å². The van der Waals surface area contributed by atoms with Gasteiger partial charge in [0.25, 0.3) is 0 Å².